The summed E-state index contributed by atoms with van der Waals surface area (Å²) in [5.41, 5.74) is 7.47. The standard InChI is InChI=1S/C11H19N3O/c1-3-14(6-7-15-2)9-11-8-10(12)4-5-13-11/h4-5,8H,3,6-7,9H2,1-2H3,(H2,12,13). The molecule has 0 radical (unpaired) electrons. The van der Waals surface area contributed by atoms with Crippen LogP contribution in [0, 0.1) is 0 Å². The largest absolute Gasteiger partial charge is 0.399 e. The predicted octanol–water partition coefficient (Wildman–Crippen LogP) is 1.13. The molecule has 0 bridgehead atoms. The van der Waals surface area contributed by atoms with Crippen LogP contribution < -0.4 is 5.73 Å². The summed E-state index contributed by atoms with van der Waals surface area (Å²) in [6.07, 6.45) is 1.74. The van der Waals surface area contributed by atoms with Gasteiger partial charge in [0.25, 0.3) is 0 Å². The van der Waals surface area contributed by atoms with E-state index in [0.717, 1.165) is 37.6 Å². The van der Waals surface area contributed by atoms with Gasteiger partial charge in [0.1, 0.15) is 0 Å². The maximum atomic E-state index is 5.69. The van der Waals surface area contributed by atoms with Crippen molar-refractivity contribution in [2.45, 2.75) is 13.5 Å². The number of pyridine rings is 1. The molecule has 0 aliphatic rings. The van der Waals surface area contributed by atoms with E-state index in [1.165, 1.54) is 0 Å². The zero-order chi connectivity index (χ0) is 11.1. The quantitative estimate of drug-likeness (QED) is 0.763. The van der Waals surface area contributed by atoms with Crippen LogP contribution in [-0.2, 0) is 11.3 Å². The SMILES string of the molecule is CCN(CCOC)Cc1cc(N)ccn1. The van der Waals surface area contributed by atoms with E-state index in [0.29, 0.717) is 0 Å². The second kappa shape index (κ2) is 6.37. The molecule has 15 heavy (non-hydrogen) atoms. The Balaban J connectivity index is 2.50. The van der Waals surface area contributed by atoms with E-state index >= 15 is 0 Å². The van der Waals surface area contributed by atoms with Crippen LogP contribution >= 0.6 is 0 Å². The Bertz CT molecular complexity index is 291. The van der Waals surface area contributed by atoms with Crippen molar-refractivity contribution in [3.05, 3.63) is 24.0 Å². The van der Waals surface area contributed by atoms with Crippen LogP contribution in [0.2, 0.25) is 0 Å². The summed E-state index contributed by atoms with van der Waals surface area (Å²) in [7, 11) is 1.71. The molecule has 0 fully saturated rings. The minimum Gasteiger partial charge on any atom is -0.399 e. The van der Waals surface area contributed by atoms with Crippen LogP contribution in [-0.4, -0.2) is 36.7 Å². The molecule has 84 valence electrons. The third-order valence-electron chi connectivity index (χ3n) is 2.29. The fraction of sp³-hybridized carbons (Fsp3) is 0.545. The van der Waals surface area contributed by atoms with Crippen molar-refractivity contribution in [1.29, 1.82) is 0 Å². The fourth-order valence-corrected chi connectivity index (χ4v) is 1.38. The van der Waals surface area contributed by atoms with E-state index in [4.69, 9.17) is 10.5 Å². The van der Waals surface area contributed by atoms with Crippen molar-refractivity contribution in [1.82, 2.24) is 9.88 Å². The molecule has 2 N–H and O–H groups in total. The average molecular weight is 209 g/mol. The number of ether oxygens (including phenoxy) is 1. The molecular weight excluding hydrogens is 190 g/mol. The number of methoxy groups -OCH3 is 1. The number of hydrogen-bond acceptors (Lipinski definition) is 4. The van der Waals surface area contributed by atoms with Crippen LogP contribution in [0.25, 0.3) is 0 Å². The Morgan fingerprint density at radius 2 is 2.33 bits per heavy atom. The monoisotopic (exact) mass is 209 g/mol. The first-order valence-electron chi connectivity index (χ1n) is 5.18. The second-order valence-corrected chi connectivity index (χ2v) is 3.44. The highest BCUT2D eigenvalue weighted by Crippen LogP contribution is 2.05. The van der Waals surface area contributed by atoms with Gasteiger partial charge >= 0.3 is 0 Å². The zero-order valence-corrected chi connectivity index (χ0v) is 9.44. The first kappa shape index (κ1) is 11.9. The number of nitrogen functional groups attached to an aromatic ring is 1. The van der Waals surface area contributed by atoms with E-state index in [1.807, 2.05) is 6.07 Å². The fourth-order valence-electron chi connectivity index (χ4n) is 1.38. The van der Waals surface area contributed by atoms with Crippen molar-refractivity contribution in [3.8, 4) is 0 Å². The van der Waals surface area contributed by atoms with Crippen LogP contribution in [0.3, 0.4) is 0 Å². The van der Waals surface area contributed by atoms with Gasteiger partial charge in [0.05, 0.1) is 12.3 Å². The molecule has 0 saturated heterocycles. The summed E-state index contributed by atoms with van der Waals surface area (Å²) in [6.45, 7) is 5.60. The molecule has 0 unspecified atom stereocenters. The lowest BCUT2D eigenvalue weighted by molar-refractivity contribution is 0.147. The minimum absolute atomic E-state index is 0.746. The van der Waals surface area contributed by atoms with Crippen molar-refractivity contribution >= 4 is 5.69 Å². The van der Waals surface area contributed by atoms with Crippen molar-refractivity contribution in [2.75, 3.05) is 32.5 Å². The molecule has 0 aromatic carbocycles. The van der Waals surface area contributed by atoms with Gasteiger partial charge in [0, 0.05) is 32.1 Å². The number of aromatic nitrogens is 1. The highest BCUT2D eigenvalue weighted by molar-refractivity contribution is 5.37. The van der Waals surface area contributed by atoms with E-state index in [-0.39, 0.29) is 0 Å². The summed E-state index contributed by atoms with van der Waals surface area (Å²) in [4.78, 5) is 6.54. The smallest absolute Gasteiger partial charge is 0.0589 e. The summed E-state index contributed by atoms with van der Waals surface area (Å²) >= 11 is 0. The van der Waals surface area contributed by atoms with Crippen LogP contribution in [0.1, 0.15) is 12.6 Å². The lowest BCUT2D eigenvalue weighted by atomic mass is 10.3. The molecule has 0 saturated carbocycles. The Kier molecular flexibility index (Phi) is 5.07. The van der Waals surface area contributed by atoms with Gasteiger partial charge in [-0.3, -0.25) is 9.88 Å². The van der Waals surface area contributed by atoms with E-state index in [2.05, 4.69) is 16.8 Å². The van der Waals surface area contributed by atoms with E-state index in [9.17, 15) is 0 Å². The van der Waals surface area contributed by atoms with Gasteiger partial charge < -0.3 is 10.5 Å². The third-order valence-corrected chi connectivity index (χ3v) is 2.29. The molecule has 4 heteroatoms. The molecular formula is C11H19N3O. The van der Waals surface area contributed by atoms with E-state index < -0.39 is 0 Å². The average Bonchev–Trinajstić information content (AvgIpc) is 2.24. The van der Waals surface area contributed by atoms with Gasteiger partial charge in [-0.25, -0.2) is 0 Å². The first-order chi connectivity index (χ1) is 7.26. The topological polar surface area (TPSA) is 51.4 Å². The number of anilines is 1. The first-order valence-corrected chi connectivity index (χ1v) is 5.18. The molecule has 0 aliphatic carbocycles. The van der Waals surface area contributed by atoms with Crippen molar-refractivity contribution < 1.29 is 4.74 Å². The Labute approximate surface area is 91.1 Å². The molecule has 0 amide bonds. The lowest BCUT2D eigenvalue weighted by Gasteiger charge is -2.19. The summed E-state index contributed by atoms with van der Waals surface area (Å²) < 4.78 is 5.05. The predicted molar refractivity (Wildman–Crippen MR) is 61.5 cm³/mol. The highest BCUT2D eigenvalue weighted by Gasteiger charge is 2.04. The number of likely N-dealkylation sites (N-methyl/N-ethyl adjacent to an activating group) is 1. The molecule has 1 aromatic heterocycles. The molecule has 4 nitrogen and oxygen atoms in total. The van der Waals surface area contributed by atoms with Gasteiger partial charge in [-0.2, -0.15) is 0 Å². The lowest BCUT2D eigenvalue weighted by Crippen LogP contribution is -2.27. The molecule has 1 heterocycles. The number of nitrogens with zero attached hydrogens (tertiary/aromatic N) is 2. The minimum atomic E-state index is 0.746. The summed E-state index contributed by atoms with van der Waals surface area (Å²) in [5.74, 6) is 0. The normalized spacial score (nSPS) is 10.9. The van der Waals surface area contributed by atoms with Crippen molar-refractivity contribution in [3.63, 3.8) is 0 Å². The van der Waals surface area contributed by atoms with Gasteiger partial charge in [-0.15, -0.1) is 0 Å². The van der Waals surface area contributed by atoms with Gasteiger partial charge in [-0.05, 0) is 18.7 Å². The highest BCUT2D eigenvalue weighted by atomic mass is 16.5. The zero-order valence-electron chi connectivity index (χ0n) is 9.44. The Hall–Kier alpha value is -1.13. The maximum absolute atomic E-state index is 5.69. The molecule has 1 rings (SSSR count). The van der Waals surface area contributed by atoms with E-state index in [1.54, 1.807) is 19.4 Å². The van der Waals surface area contributed by atoms with Crippen LogP contribution in [0.4, 0.5) is 5.69 Å². The van der Waals surface area contributed by atoms with Gasteiger partial charge in [0.15, 0.2) is 0 Å². The van der Waals surface area contributed by atoms with Gasteiger partial charge in [-0.1, -0.05) is 6.92 Å². The molecule has 1 aromatic rings. The number of hydrogen-bond donors (Lipinski definition) is 1. The van der Waals surface area contributed by atoms with Crippen LogP contribution in [0.15, 0.2) is 18.3 Å². The summed E-state index contributed by atoms with van der Waals surface area (Å²) in [6, 6.07) is 3.71. The number of rotatable bonds is 6. The molecule has 0 aliphatic heterocycles. The van der Waals surface area contributed by atoms with Crippen molar-refractivity contribution in [2.24, 2.45) is 0 Å². The third kappa shape index (κ3) is 4.27. The van der Waals surface area contributed by atoms with Gasteiger partial charge in [0.2, 0.25) is 0 Å². The molecule has 0 atom stereocenters. The van der Waals surface area contributed by atoms with Crippen LogP contribution in [0.5, 0.6) is 0 Å². The summed E-state index contributed by atoms with van der Waals surface area (Å²) in [5, 5.41) is 0. The Morgan fingerprint density at radius 3 is 2.93 bits per heavy atom. The Morgan fingerprint density at radius 1 is 1.53 bits per heavy atom. The molecule has 0 spiro atoms. The maximum Gasteiger partial charge on any atom is 0.0589 e. The second-order valence-electron chi connectivity index (χ2n) is 3.44. The number of nitrogens with two attached hydrogens (primary N) is 1.